The Balaban J connectivity index is 2.04. The summed E-state index contributed by atoms with van der Waals surface area (Å²) >= 11 is 0. The lowest BCUT2D eigenvalue weighted by Crippen LogP contribution is -3.12. The van der Waals surface area contributed by atoms with Gasteiger partial charge in [-0.1, -0.05) is 29.8 Å². The number of rotatable bonds is 5. The molecule has 154 valence electrons. The summed E-state index contributed by atoms with van der Waals surface area (Å²) in [6, 6.07) is 7.51. The Kier molecular flexibility index (Phi) is 6.17. The number of nitrogens with zero attached hydrogens (tertiary/aromatic N) is 1. The van der Waals surface area contributed by atoms with Crippen molar-refractivity contribution in [2.45, 2.75) is 20.8 Å². The van der Waals surface area contributed by atoms with Gasteiger partial charge in [-0.15, -0.1) is 0 Å². The van der Waals surface area contributed by atoms with E-state index in [0.29, 0.717) is 35.5 Å². The van der Waals surface area contributed by atoms with E-state index in [4.69, 9.17) is 4.74 Å². The van der Waals surface area contributed by atoms with E-state index in [-0.39, 0.29) is 12.3 Å². The number of hydrogen-bond donors (Lipinski definition) is 2. The molecule has 0 spiro atoms. The van der Waals surface area contributed by atoms with E-state index in [0.717, 1.165) is 18.7 Å². The van der Waals surface area contributed by atoms with Crippen LogP contribution < -0.4 is 4.90 Å². The number of esters is 1. The Morgan fingerprint density at radius 3 is 2.31 bits per heavy atom. The van der Waals surface area contributed by atoms with Crippen LogP contribution in [0.2, 0.25) is 0 Å². The number of aromatic nitrogens is 1. The quantitative estimate of drug-likeness (QED) is 0.447. The van der Waals surface area contributed by atoms with Crippen LogP contribution in [0.4, 0.5) is 0 Å². The number of carbonyl (C=O) groups excluding carboxylic acids is 3. The molecule has 0 saturated carbocycles. The van der Waals surface area contributed by atoms with Crippen molar-refractivity contribution in [2.75, 3.05) is 39.8 Å². The zero-order valence-electron chi connectivity index (χ0n) is 17.4. The molecular weight excluding hydrogens is 370 g/mol. The number of piperazine rings is 1. The van der Waals surface area contributed by atoms with E-state index in [1.807, 2.05) is 31.2 Å². The maximum Gasteiger partial charge on any atom is 0.340 e. The molecule has 0 aliphatic carbocycles. The number of ether oxygens (including phenoxy) is 1. The summed E-state index contributed by atoms with van der Waals surface area (Å²) in [6.45, 7) is 8.33. The molecule has 7 heteroatoms. The summed E-state index contributed by atoms with van der Waals surface area (Å²) in [5, 5.41) is 0. The Labute approximate surface area is 170 Å². The molecular formula is C22H28N3O4+. The molecule has 1 aromatic carbocycles. The number of likely N-dealkylation sites (N-methyl/N-ethyl adjacent to an activating group) is 1. The van der Waals surface area contributed by atoms with Crippen LogP contribution in [-0.2, 0) is 9.53 Å². The van der Waals surface area contributed by atoms with Gasteiger partial charge in [-0.25, -0.2) is 4.79 Å². The van der Waals surface area contributed by atoms with Gasteiger partial charge in [-0.05, 0) is 26.3 Å². The Bertz CT molecular complexity index is 922. The van der Waals surface area contributed by atoms with Crippen molar-refractivity contribution in [2.24, 2.45) is 0 Å². The molecule has 1 aromatic heterocycles. The Morgan fingerprint density at radius 2 is 1.72 bits per heavy atom. The summed E-state index contributed by atoms with van der Waals surface area (Å²) in [5.74, 6) is -1.67. The molecule has 1 aliphatic rings. The molecule has 7 nitrogen and oxygen atoms in total. The minimum absolute atomic E-state index is 0.144. The largest absolute Gasteiger partial charge is 0.462 e. The highest BCUT2D eigenvalue weighted by molar-refractivity contribution is 6.43. The average molecular weight is 398 g/mol. The SMILES string of the molecule is CCOC(=O)c1c(C)[nH]c(C(=O)C(=O)N2CC[NH+](C)CC2)c1-c1ccc(C)cc1. The number of quaternary nitrogens is 1. The number of amides is 1. The molecule has 1 saturated heterocycles. The van der Waals surface area contributed by atoms with Crippen molar-refractivity contribution in [3.05, 3.63) is 46.8 Å². The lowest BCUT2D eigenvalue weighted by Gasteiger charge is -2.29. The highest BCUT2D eigenvalue weighted by atomic mass is 16.5. The average Bonchev–Trinajstić information content (AvgIpc) is 3.05. The third-order valence-electron chi connectivity index (χ3n) is 5.33. The number of hydrogen-bond acceptors (Lipinski definition) is 4. The number of aryl methyl sites for hydroxylation is 2. The molecule has 0 bridgehead atoms. The number of aromatic amines is 1. The van der Waals surface area contributed by atoms with Gasteiger partial charge in [0.15, 0.2) is 0 Å². The first-order valence-electron chi connectivity index (χ1n) is 9.95. The normalized spacial score (nSPS) is 14.7. The third-order valence-corrected chi connectivity index (χ3v) is 5.33. The van der Waals surface area contributed by atoms with Gasteiger partial charge >= 0.3 is 5.97 Å². The van der Waals surface area contributed by atoms with E-state index in [9.17, 15) is 14.4 Å². The summed E-state index contributed by atoms with van der Waals surface area (Å²) in [7, 11) is 2.07. The molecule has 0 unspecified atom stereocenters. The number of Topliss-reactive ketones (excluding diaryl/α,β-unsaturated/α-hetero) is 1. The van der Waals surface area contributed by atoms with Gasteiger partial charge in [-0.2, -0.15) is 0 Å². The highest BCUT2D eigenvalue weighted by Gasteiger charge is 2.33. The Morgan fingerprint density at radius 1 is 1.10 bits per heavy atom. The van der Waals surface area contributed by atoms with Crippen molar-refractivity contribution >= 4 is 17.7 Å². The van der Waals surface area contributed by atoms with Crippen LogP contribution in [0.1, 0.15) is 39.0 Å². The van der Waals surface area contributed by atoms with Crippen molar-refractivity contribution in [1.82, 2.24) is 9.88 Å². The van der Waals surface area contributed by atoms with Gasteiger partial charge in [0, 0.05) is 11.3 Å². The number of nitrogens with one attached hydrogen (secondary N) is 2. The number of H-pyrrole nitrogens is 1. The van der Waals surface area contributed by atoms with Gasteiger partial charge in [0.2, 0.25) is 0 Å². The molecule has 1 fully saturated rings. The third kappa shape index (κ3) is 4.24. The van der Waals surface area contributed by atoms with Gasteiger partial charge in [0.05, 0.1) is 45.4 Å². The molecule has 0 radical (unpaired) electrons. The monoisotopic (exact) mass is 398 g/mol. The second-order valence-electron chi connectivity index (χ2n) is 7.54. The fraction of sp³-hybridized carbons (Fsp3) is 0.409. The molecule has 0 atom stereocenters. The van der Waals surface area contributed by atoms with Gasteiger partial charge < -0.3 is 19.5 Å². The molecule has 2 heterocycles. The zero-order chi connectivity index (χ0) is 21.1. The van der Waals surface area contributed by atoms with Gasteiger partial charge in [0.1, 0.15) is 5.69 Å². The highest BCUT2D eigenvalue weighted by Crippen LogP contribution is 2.32. The van der Waals surface area contributed by atoms with Crippen LogP contribution in [0.25, 0.3) is 11.1 Å². The summed E-state index contributed by atoms with van der Waals surface area (Å²) < 4.78 is 5.21. The predicted octanol–water partition coefficient (Wildman–Crippen LogP) is 1.01. The number of carbonyl (C=O) groups is 3. The number of benzene rings is 1. The van der Waals surface area contributed by atoms with Gasteiger partial charge in [-0.3, -0.25) is 9.59 Å². The van der Waals surface area contributed by atoms with Crippen LogP contribution in [0, 0.1) is 13.8 Å². The van der Waals surface area contributed by atoms with Crippen molar-refractivity contribution in [3.8, 4) is 11.1 Å². The second kappa shape index (κ2) is 8.61. The molecule has 29 heavy (non-hydrogen) atoms. The maximum atomic E-state index is 13.2. The van der Waals surface area contributed by atoms with E-state index in [1.165, 1.54) is 4.90 Å². The first-order chi connectivity index (χ1) is 13.8. The molecule has 1 amide bonds. The van der Waals surface area contributed by atoms with Gasteiger partial charge in [0.25, 0.3) is 11.7 Å². The Hall–Kier alpha value is -2.93. The predicted molar refractivity (Wildman–Crippen MR) is 109 cm³/mol. The fourth-order valence-corrected chi connectivity index (χ4v) is 3.60. The van der Waals surface area contributed by atoms with E-state index < -0.39 is 17.7 Å². The smallest absolute Gasteiger partial charge is 0.340 e. The lowest BCUT2D eigenvalue weighted by atomic mass is 9.97. The van der Waals surface area contributed by atoms with Crippen LogP contribution in [0.3, 0.4) is 0 Å². The minimum Gasteiger partial charge on any atom is -0.462 e. The summed E-state index contributed by atoms with van der Waals surface area (Å²) in [5.41, 5.74) is 3.14. The number of ketones is 1. The van der Waals surface area contributed by atoms with Crippen LogP contribution in [0.5, 0.6) is 0 Å². The molecule has 2 N–H and O–H groups in total. The van der Waals surface area contributed by atoms with Crippen LogP contribution in [-0.4, -0.2) is 67.4 Å². The first-order valence-corrected chi connectivity index (χ1v) is 9.95. The molecule has 2 aromatic rings. The fourth-order valence-electron chi connectivity index (χ4n) is 3.60. The summed E-state index contributed by atoms with van der Waals surface area (Å²) in [4.78, 5) is 44.6. The van der Waals surface area contributed by atoms with Crippen molar-refractivity contribution in [1.29, 1.82) is 0 Å². The van der Waals surface area contributed by atoms with Crippen LogP contribution in [0.15, 0.2) is 24.3 Å². The minimum atomic E-state index is -0.626. The second-order valence-corrected chi connectivity index (χ2v) is 7.54. The van der Waals surface area contributed by atoms with E-state index in [1.54, 1.807) is 18.7 Å². The zero-order valence-corrected chi connectivity index (χ0v) is 17.4. The van der Waals surface area contributed by atoms with Crippen molar-refractivity contribution in [3.63, 3.8) is 0 Å². The first kappa shape index (κ1) is 20.8. The molecule has 3 rings (SSSR count). The van der Waals surface area contributed by atoms with E-state index >= 15 is 0 Å². The standard InChI is InChI=1S/C22H27N3O4/c1-5-29-22(28)17-15(3)23-19(18(17)16-8-6-14(2)7-9-16)20(26)21(27)25-12-10-24(4)11-13-25/h6-9,23H,5,10-13H2,1-4H3/p+1. The van der Waals surface area contributed by atoms with Crippen LogP contribution >= 0.6 is 0 Å². The molecule has 1 aliphatic heterocycles. The lowest BCUT2D eigenvalue weighted by molar-refractivity contribution is -0.883. The summed E-state index contributed by atoms with van der Waals surface area (Å²) in [6.07, 6.45) is 0. The maximum absolute atomic E-state index is 13.2. The van der Waals surface area contributed by atoms with Crippen molar-refractivity contribution < 1.29 is 24.0 Å². The van der Waals surface area contributed by atoms with E-state index in [2.05, 4.69) is 12.0 Å². The topological polar surface area (TPSA) is 83.9 Å².